The summed E-state index contributed by atoms with van der Waals surface area (Å²) < 4.78 is 37.3. The minimum atomic E-state index is -4.62. The second-order valence-corrected chi connectivity index (χ2v) is 12.3. The van der Waals surface area contributed by atoms with E-state index in [9.17, 15) is 13.0 Å². The fraction of sp³-hybridized carbons (Fsp3) is 0.938. The van der Waals surface area contributed by atoms with E-state index in [2.05, 4.69) is 30.2 Å². The van der Waals surface area contributed by atoms with E-state index in [0.29, 0.717) is 0 Å². The molecule has 222 valence electrons. The summed E-state index contributed by atoms with van der Waals surface area (Å²) in [6.45, 7) is 4.51. The number of hydrogen-bond acceptors (Lipinski definition) is 4. The molecule has 0 N–H and O–H groups in total. The zero-order chi connectivity index (χ0) is 27.3. The molecule has 0 fully saturated rings. The van der Waals surface area contributed by atoms with Gasteiger partial charge in [-0.1, -0.05) is 174 Å². The average Bonchev–Trinajstić information content (AvgIpc) is 2.87. The molecule has 0 aliphatic rings. The van der Waals surface area contributed by atoms with Gasteiger partial charge in [0, 0.05) is 5.92 Å². The van der Waals surface area contributed by atoms with Gasteiger partial charge in [0.05, 0.1) is 6.61 Å². The van der Waals surface area contributed by atoms with Crippen LogP contribution < -0.4 is 51.4 Å². The third-order valence-electron chi connectivity index (χ3n) is 7.49. The molecule has 4 nitrogen and oxygen atoms in total. The van der Waals surface area contributed by atoms with Crippen LogP contribution in [-0.2, 0) is 14.6 Å². The van der Waals surface area contributed by atoms with Gasteiger partial charge in [0.25, 0.3) is 0 Å². The number of rotatable bonds is 30. The van der Waals surface area contributed by atoms with Crippen LogP contribution in [-0.4, -0.2) is 19.6 Å². The van der Waals surface area contributed by atoms with Gasteiger partial charge in [-0.05, 0) is 19.3 Å². The van der Waals surface area contributed by atoms with E-state index in [4.69, 9.17) is 0 Å². The molecule has 0 radical (unpaired) electrons. The molecular formula is C32H63KO4S. The molecule has 0 aromatic heterocycles. The van der Waals surface area contributed by atoms with Crippen LogP contribution in [0.25, 0.3) is 0 Å². The molecule has 6 heteroatoms. The van der Waals surface area contributed by atoms with Crippen molar-refractivity contribution in [1.29, 1.82) is 0 Å². The van der Waals surface area contributed by atoms with Crippen molar-refractivity contribution in [3.63, 3.8) is 0 Å². The first-order chi connectivity index (χ1) is 18.0. The second-order valence-electron chi connectivity index (χ2n) is 11.2. The van der Waals surface area contributed by atoms with Crippen molar-refractivity contribution in [3.05, 3.63) is 12.2 Å². The van der Waals surface area contributed by atoms with E-state index in [-0.39, 0.29) is 63.9 Å². The van der Waals surface area contributed by atoms with Gasteiger partial charge in [-0.3, -0.25) is 4.18 Å². The summed E-state index contributed by atoms with van der Waals surface area (Å²) in [5.41, 5.74) is 0. The number of allylic oxidation sites excluding steroid dienone is 1. The Morgan fingerprint density at radius 1 is 0.579 bits per heavy atom. The fourth-order valence-electron chi connectivity index (χ4n) is 5.05. The Kier molecular flexibility index (Phi) is 35.7. The summed E-state index contributed by atoms with van der Waals surface area (Å²) in [4.78, 5) is 0. The van der Waals surface area contributed by atoms with Gasteiger partial charge in [-0.25, -0.2) is 8.42 Å². The molecule has 38 heavy (non-hydrogen) atoms. The first-order valence-corrected chi connectivity index (χ1v) is 17.6. The first kappa shape index (κ1) is 41.4. The van der Waals surface area contributed by atoms with Crippen LogP contribution in [0, 0.1) is 5.92 Å². The Morgan fingerprint density at radius 2 is 0.921 bits per heavy atom. The van der Waals surface area contributed by atoms with Gasteiger partial charge in [0.15, 0.2) is 0 Å². The molecule has 0 heterocycles. The van der Waals surface area contributed by atoms with Gasteiger partial charge < -0.3 is 4.55 Å². The predicted octanol–water partition coefficient (Wildman–Crippen LogP) is 7.82. The van der Waals surface area contributed by atoms with E-state index in [1.807, 2.05) is 0 Å². The van der Waals surface area contributed by atoms with Crippen molar-refractivity contribution in [2.45, 2.75) is 181 Å². The SMILES string of the molecule is CCCCCCCCCCCCCCC/C=C/C(CCCCCCCCCCCCC)COS(=O)(=O)[O-].[K+]. The standard InChI is InChI=1S/C32H64O4S.K/c1-3-5-7-9-11-13-15-16-17-18-20-22-24-26-28-30-32(31-36-37(33,34)35)29-27-25-23-21-19-14-12-10-8-6-4-2;/h28,30,32H,3-27,29,31H2,1-2H3,(H,33,34,35);/q;+1/p-1/b30-28+;. The van der Waals surface area contributed by atoms with Crippen LogP contribution >= 0.6 is 0 Å². The summed E-state index contributed by atoms with van der Waals surface area (Å²) in [6, 6.07) is 0. The van der Waals surface area contributed by atoms with Crippen molar-refractivity contribution < 1.29 is 68.5 Å². The minimum absolute atomic E-state index is 0. The number of hydrogen-bond donors (Lipinski definition) is 0. The molecule has 1 unspecified atom stereocenters. The smallest absolute Gasteiger partial charge is 0.726 e. The molecule has 0 aromatic carbocycles. The predicted molar refractivity (Wildman–Crippen MR) is 160 cm³/mol. The van der Waals surface area contributed by atoms with Gasteiger partial charge in [-0.15, -0.1) is 0 Å². The second kappa shape index (κ2) is 32.8. The molecule has 0 aromatic rings. The van der Waals surface area contributed by atoms with Crippen LogP contribution in [0.2, 0.25) is 0 Å². The molecule has 0 spiro atoms. The van der Waals surface area contributed by atoms with E-state index >= 15 is 0 Å². The monoisotopic (exact) mass is 582 g/mol. The summed E-state index contributed by atoms with van der Waals surface area (Å²) >= 11 is 0. The molecule has 0 bridgehead atoms. The van der Waals surface area contributed by atoms with Gasteiger partial charge >= 0.3 is 51.4 Å². The maximum absolute atomic E-state index is 10.9. The fourth-order valence-corrected chi connectivity index (χ4v) is 5.39. The normalized spacial score (nSPS) is 12.7. The average molecular weight is 583 g/mol. The van der Waals surface area contributed by atoms with Crippen LogP contribution in [0.5, 0.6) is 0 Å². The van der Waals surface area contributed by atoms with Crippen molar-refractivity contribution in [2.24, 2.45) is 5.92 Å². The van der Waals surface area contributed by atoms with E-state index in [0.717, 1.165) is 19.3 Å². The van der Waals surface area contributed by atoms with Crippen LogP contribution in [0.4, 0.5) is 0 Å². The van der Waals surface area contributed by atoms with Gasteiger partial charge in [-0.2, -0.15) is 0 Å². The Bertz CT molecular complexity index is 580. The number of unbranched alkanes of at least 4 members (excludes halogenated alkanes) is 23. The Hall–Kier alpha value is 1.25. The third kappa shape index (κ3) is 35.3. The topological polar surface area (TPSA) is 66.4 Å². The third-order valence-corrected chi connectivity index (χ3v) is 7.91. The molecule has 0 aliphatic carbocycles. The van der Waals surface area contributed by atoms with Crippen LogP contribution in [0.3, 0.4) is 0 Å². The van der Waals surface area contributed by atoms with E-state index < -0.39 is 10.4 Å². The van der Waals surface area contributed by atoms with Crippen molar-refractivity contribution in [1.82, 2.24) is 0 Å². The molecule has 0 rings (SSSR count). The zero-order valence-electron chi connectivity index (χ0n) is 25.9. The van der Waals surface area contributed by atoms with Gasteiger partial charge in [0.1, 0.15) is 0 Å². The molecule has 0 saturated carbocycles. The first-order valence-electron chi connectivity index (χ1n) is 16.3. The largest absolute Gasteiger partial charge is 1.00 e. The van der Waals surface area contributed by atoms with Crippen LogP contribution in [0.15, 0.2) is 12.2 Å². The summed E-state index contributed by atoms with van der Waals surface area (Å²) in [6.07, 6.45) is 38.0. The van der Waals surface area contributed by atoms with Crippen LogP contribution in [0.1, 0.15) is 181 Å². The van der Waals surface area contributed by atoms with E-state index in [1.165, 1.54) is 148 Å². The summed E-state index contributed by atoms with van der Waals surface area (Å²) in [5, 5.41) is 0. The summed E-state index contributed by atoms with van der Waals surface area (Å²) in [5.74, 6) is 0.0178. The maximum Gasteiger partial charge on any atom is 1.00 e. The van der Waals surface area contributed by atoms with Crippen molar-refractivity contribution in [2.75, 3.05) is 6.61 Å². The molecule has 0 amide bonds. The zero-order valence-corrected chi connectivity index (χ0v) is 29.8. The van der Waals surface area contributed by atoms with E-state index in [1.54, 1.807) is 0 Å². The van der Waals surface area contributed by atoms with Gasteiger partial charge in [0.2, 0.25) is 10.4 Å². The minimum Gasteiger partial charge on any atom is -0.726 e. The Balaban J connectivity index is 0. The quantitative estimate of drug-likeness (QED) is 0.0285. The Morgan fingerprint density at radius 3 is 1.29 bits per heavy atom. The summed E-state index contributed by atoms with van der Waals surface area (Å²) in [7, 11) is -4.62. The molecular weight excluding hydrogens is 520 g/mol. The van der Waals surface area contributed by atoms with Crippen molar-refractivity contribution in [3.8, 4) is 0 Å². The molecule has 1 atom stereocenters. The Labute approximate surface area is 281 Å². The maximum atomic E-state index is 10.9. The van der Waals surface area contributed by atoms with Crippen molar-refractivity contribution >= 4 is 10.4 Å². The molecule has 0 saturated heterocycles. The molecule has 0 aliphatic heterocycles.